The molecule has 0 spiro atoms. The molecule has 106 valence electrons. The standard InChI is InChI=1S/C18H17NO2/c1-21-17-16-15-11-14(12-5-3-2-4-6-12)8-7-13(15)9-10-19(16)18(17)20/h2-8,11,16-17H,9-10H2,1H3/t16-,17+/m0/s1. The lowest BCUT2D eigenvalue weighted by atomic mass is 9.81. The first-order valence-corrected chi connectivity index (χ1v) is 7.31. The predicted octanol–water partition coefficient (Wildman–Crippen LogP) is 2.81. The Bertz CT molecular complexity index is 696. The maximum atomic E-state index is 12.0. The van der Waals surface area contributed by atoms with Crippen LogP contribution in [-0.2, 0) is 16.0 Å². The molecule has 2 aliphatic rings. The number of nitrogens with zero attached hydrogens (tertiary/aromatic N) is 1. The number of β-lactam (4-membered cyclic amide) rings is 1. The van der Waals surface area contributed by atoms with Gasteiger partial charge in [-0.3, -0.25) is 4.79 Å². The van der Waals surface area contributed by atoms with Gasteiger partial charge < -0.3 is 9.64 Å². The summed E-state index contributed by atoms with van der Waals surface area (Å²) < 4.78 is 5.38. The van der Waals surface area contributed by atoms with Crippen LogP contribution in [0.3, 0.4) is 0 Å². The highest BCUT2D eigenvalue weighted by atomic mass is 16.5. The molecular weight excluding hydrogens is 262 g/mol. The zero-order valence-corrected chi connectivity index (χ0v) is 12.0. The van der Waals surface area contributed by atoms with Crippen molar-refractivity contribution in [1.82, 2.24) is 4.90 Å². The number of carbonyl (C=O) groups excluding carboxylic acids is 1. The monoisotopic (exact) mass is 279 g/mol. The number of amides is 1. The fourth-order valence-corrected chi connectivity index (χ4v) is 3.48. The highest BCUT2D eigenvalue weighted by Gasteiger charge is 2.50. The molecular formula is C18H17NO2. The van der Waals surface area contributed by atoms with Crippen LogP contribution in [0.15, 0.2) is 48.5 Å². The van der Waals surface area contributed by atoms with Crippen molar-refractivity contribution in [2.45, 2.75) is 18.6 Å². The second-order valence-electron chi connectivity index (χ2n) is 5.66. The molecule has 1 fully saturated rings. The SMILES string of the molecule is CO[C@H]1C(=O)N2CCc3ccc(-c4ccccc4)cc3[C@@H]12. The molecule has 0 N–H and O–H groups in total. The summed E-state index contributed by atoms with van der Waals surface area (Å²) in [5, 5.41) is 0. The van der Waals surface area contributed by atoms with Gasteiger partial charge in [-0.05, 0) is 34.7 Å². The summed E-state index contributed by atoms with van der Waals surface area (Å²) in [6.07, 6.45) is 0.623. The highest BCUT2D eigenvalue weighted by Crippen LogP contribution is 2.42. The average molecular weight is 279 g/mol. The Kier molecular flexibility index (Phi) is 2.82. The Morgan fingerprint density at radius 1 is 1.10 bits per heavy atom. The second kappa shape index (κ2) is 4.71. The third-order valence-corrected chi connectivity index (χ3v) is 4.60. The van der Waals surface area contributed by atoms with Crippen LogP contribution >= 0.6 is 0 Å². The first kappa shape index (κ1) is 12.6. The molecule has 0 radical (unpaired) electrons. The van der Waals surface area contributed by atoms with E-state index < -0.39 is 0 Å². The fourth-order valence-electron chi connectivity index (χ4n) is 3.48. The number of methoxy groups -OCH3 is 1. The van der Waals surface area contributed by atoms with Crippen LogP contribution in [0.2, 0.25) is 0 Å². The summed E-state index contributed by atoms with van der Waals surface area (Å²) in [5.74, 6) is 0.123. The summed E-state index contributed by atoms with van der Waals surface area (Å²) in [5.41, 5.74) is 4.99. The Balaban J connectivity index is 1.78. The van der Waals surface area contributed by atoms with Gasteiger partial charge in [0.05, 0.1) is 6.04 Å². The van der Waals surface area contributed by atoms with Crippen LogP contribution in [0.1, 0.15) is 17.2 Å². The minimum atomic E-state index is -0.310. The molecule has 2 atom stereocenters. The second-order valence-corrected chi connectivity index (χ2v) is 5.66. The number of ether oxygens (including phenoxy) is 1. The molecule has 1 saturated heterocycles. The minimum Gasteiger partial charge on any atom is -0.369 e. The van der Waals surface area contributed by atoms with E-state index in [0.717, 1.165) is 13.0 Å². The number of carbonyl (C=O) groups is 1. The minimum absolute atomic E-state index is 0.0925. The van der Waals surface area contributed by atoms with Gasteiger partial charge >= 0.3 is 0 Å². The van der Waals surface area contributed by atoms with Crippen molar-refractivity contribution in [1.29, 1.82) is 0 Å². The first-order valence-electron chi connectivity index (χ1n) is 7.31. The third-order valence-electron chi connectivity index (χ3n) is 4.60. The van der Waals surface area contributed by atoms with Crippen molar-refractivity contribution < 1.29 is 9.53 Å². The van der Waals surface area contributed by atoms with Crippen molar-refractivity contribution in [2.24, 2.45) is 0 Å². The Labute approximate surface area is 124 Å². The third kappa shape index (κ3) is 1.81. The summed E-state index contributed by atoms with van der Waals surface area (Å²) in [7, 11) is 1.62. The number of rotatable bonds is 2. The fraction of sp³-hybridized carbons (Fsp3) is 0.278. The van der Waals surface area contributed by atoms with Crippen molar-refractivity contribution in [3.8, 4) is 11.1 Å². The lowest BCUT2D eigenvalue weighted by Gasteiger charge is -2.49. The van der Waals surface area contributed by atoms with E-state index in [2.05, 4.69) is 30.3 Å². The molecule has 0 saturated carbocycles. The van der Waals surface area contributed by atoms with Gasteiger partial charge in [-0.15, -0.1) is 0 Å². The maximum absolute atomic E-state index is 12.0. The summed E-state index contributed by atoms with van der Waals surface area (Å²) >= 11 is 0. The van der Waals surface area contributed by atoms with Gasteiger partial charge in [0.25, 0.3) is 5.91 Å². The van der Waals surface area contributed by atoms with Gasteiger partial charge in [-0.25, -0.2) is 0 Å². The Morgan fingerprint density at radius 2 is 1.90 bits per heavy atom. The molecule has 2 aromatic carbocycles. The van der Waals surface area contributed by atoms with Crippen LogP contribution in [0.4, 0.5) is 0 Å². The van der Waals surface area contributed by atoms with Gasteiger partial charge in [0, 0.05) is 13.7 Å². The molecule has 21 heavy (non-hydrogen) atoms. The largest absolute Gasteiger partial charge is 0.369 e. The summed E-state index contributed by atoms with van der Waals surface area (Å²) in [4.78, 5) is 13.9. The van der Waals surface area contributed by atoms with E-state index in [1.165, 1.54) is 22.3 Å². The number of hydrogen-bond acceptors (Lipinski definition) is 2. The van der Waals surface area contributed by atoms with Crippen molar-refractivity contribution in [2.75, 3.05) is 13.7 Å². The molecule has 0 aromatic heterocycles. The van der Waals surface area contributed by atoms with Crippen LogP contribution in [0.25, 0.3) is 11.1 Å². The smallest absolute Gasteiger partial charge is 0.254 e. The van der Waals surface area contributed by atoms with Crippen LogP contribution in [-0.4, -0.2) is 30.6 Å². The van der Waals surface area contributed by atoms with Crippen molar-refractivity contribution in [3.05, 3.63) is 59.7 Å². The molecule has 3 heteroatoms. The van der Waals surface area contributed by atoms with E-state index in [1.807, 2.05) is 23.1 Å². The molecule has 0 unspecified atom stereocenters. The van der Waals surface area contributed by atoms with Crippen LogP contribution in [0, 0.1) is 0 Å². The van der Waals surface area contributed by atoms with E-state index in [0.29, 0.717) is 0 Å². The van der Waals surface area contributed by atoms with E-state index in [4.69, 9.17) is 4.74 Å². The number of benzene rings is 2. The zero-order chi connectivity index (χ0) is 14.4. The van der Waals surface area contributed by atoms with Crippen molar-refractivity contribution >= 4 is 5.91 Å². The molecule has 4 rings (SSSR count). The molecule has 0 aliphatic carbocycles. The molecule has 2 aromatic rings. The van der Waals surface area contributed by atoms with E-state index in [-0.39, 0.29) is 18.1 Å². The summed E-state index contributed by atoms with van der Waals surface area (Å²) in [6, 6.07) is 17.0. The molecule has 3 nitrogen and oxygen atoms in total. The number of fused-ring (bicyclic) bond motifs is 3. The van der Waals surface area contributed by atoms with E-state index in [1.54, 1.807) is 7.11 Å². The lowest BCUT2D eigenvalue weighted by molar-refractivity contribution is -0.172. The van der Waals surface area contributed by atoms with Gasteiger partial charge in [0.2, 0.25) is 0 Å². The average Bonchev–Trinajstić information content (AvgIpc) is 2.54. The van der Waals surface area contributed by atoms with E-state index >= 15 is 0 Å². The molecule has 2 heterocycles. The van der Waals surface area contributed by atoms with Gasteiger partial charge in [-0.1, -0.05) is 42.5 Å². The predicted molar refractivity (Wildman–Crippen MR) is 80.8 cm³/mol. The Hall–Kier alpha value is -2.13. The van der Waals surface area contributed by atoms with E-state index in [9.17, 15) is 4.79 Å². The normalized spacial score (nSPS) is 23.3. The quantitative estimate of drug-likeness (QED) is 0.791. The maximum Gasteiger partial charge on any atom is 0.254 e. The molecule has 1 amide bonds. The van der Waals surface area contributed by atoms with Gasteiger partial charge in [0.1, 0.15) is 0 Å². The Morgan fingerprint density at radius 3 is 2.67 bits per heavy atom. The van der Waals surface area contributed by atoms with Gasteiger partial charge in [-0.2, -0.15) is 0 Å². The highest BCUT2D eigenvalue weighted by molar-refractivity contribution is 5.89. The van der Waals surface area contributed by atoms with Crippen molar-refractivity contribution in [3.63, 3.8) is 0 Å². The van der Waals surface area contributed by atoms with Crippen LogP contribution in [0.5, 0.6) is 0 Å². The summed E-state index contributed by atoms with van der Waals surface area (Å²) in [6.45, 7) is 0.807. The molecule has 0 bridgehead atoms. The van der Waals surface area contributed by atoms with Gasteiger partial charge in [0.15, 0.2) is 6.10 Å². The zero-order valence-electron chi connectivity index (χ0n) is 12.0. The number of hydrogen-bond donors (Lipinski definition) is 0. The first-order chi connectivity index (χ1) is 10.3. The van der Waals surface area contributed by atoms with Crippen LogP contribution < -0.4 is 0 Å². The topological polar surface area (TPSA) is 29.5 Å². The molecule has 2 aliphatic heterocycles. The lowest BCUT2D eigenvalue weighted by Crippen LogP contribution is -2.61.